The summed E-state index contributed by atoms with van der Waals surface area (Å²) in [7, 11) is 1.23. The second-order valence-electron chi connectivity index (χ2n) is 4.01. The zero-order valence-corrected chi connectivity index (χ0v) is 9.97. The highest BCUT2D eigenvalue weighted by molar-refractivity contribution is 6.03. The van der Waals surface area contributed by atoms with Gasteiger partial charge in [0.2, 0.25) is 0 Å². The number of amides is 1. The van der Waals surface area contributed by atoms with E-state index in [9.17, 15) is 9.59 Å². The van der Waals surface area contributed by atoms with Crippen molar-refractivity contribution in [2.45, 2.75) is 6.42 Å². The van der Waals surface area contributed by atoms with Crippen LogP contribution in [0.2, 0.25) is 0 Å². The van der Waals surface area contributed by atoms with Crippen LogP contribution in [0.5, 0.6) is 0 Å². The lowest BCUT2D eigenvalue weighted by atomic mass is 10.1. The van der Waals surface area contributed by atoms with Gasteiger partial charge in [-0.2, -0.15) is 0 Å². The molecule has 1 aliphatic heterocycles. The lowest BCUT2D eigenvalue weighted by Crippen LogP contribution is -2.30. The minimum atomic E-state index is -0.648. The second-order valence-corrected chi connectivity index (χ2v) is 4.01. The molecule has 0 aromatic carbocycles. The molecule has 2 heterocycles. The molecule has 1 unspecified atom stereocenters. The van der Waals surface area contributed by atoms with Gasteiger partial charge in [0, 0.05) is 19.1 Å². The van der Waals surface area contributed by atoms with Gasteiger partial charge < -0.3 is 19.3 Å². The summed E-state index contributed by atoms with van der Waals surface area (Å²) >= 11 is 0. The Morgan fingerprint density at radius 3 is 3.11 bits per heavy atom. The molecular formula is C11H14N2O5. The van der Waals surface area contributed by atoms with Crippen molar-refractivity contribution in [2.24, 2.45) is 5.92 Å². The molecule has 1 aliphatic rings. The average molecular weight is 254 g/mol. The van der Waals surface area contributed by atoms with Crippen molar-refractivity contribution in [1.29, 1.82) is 0 Å². The van der Waals surface area contributed by atoms with Gasteiger partial charge in [-0.3, -0.25) is 4.79 Å². The van der Waals surface area contributed by atoms with Gasteiger partial charge in [-0.05, 0) is 6.42 Å². The fraction of sp³-hybridized carbons (Fsp3) is 0.545. The third-order valence-electron chi connectivity index (χ3n) is 2.77. The first kappa shape index (κ1) is 12.6. The number of esters is 1. The highest BCUT2D eigenvalue weighted by atomic mass is 16.5. The van der Waals surface area contributed by atoms with Crippen molar-refractivity contribution < 1.29 is 23.6 Å². The maximum atomic E-state index is 11.8. The maximum absolute atomic E-state index is 11.8. The summed E-state index contributed by atoms with van der Waals surface area (Å²) in [5, 5.41) is 6.21. The van der Waals surface area contributed by atoms with Gasteiger partial charge in [-0.15, -0.1) is 0 Å². The van der Waals surface area contributed by atoms with Crippen LogP contribution in [0.4, 0.5) is 0 Å². The molecule has 18 heavy (non-hydrogen) atoms. The fourth-order valence-corrected chi connectivity index (χ4v) is 1.72. The summed E-state index contributed by atoms with van der Waals surface area (Å²) in [4.78, 5) is 23.2. The van der Waals surface area contributed by atoms with E-state index < -0.39 is 11.9 Å². The quantitative estimate of drug-likeness (QED) is 0.773. The summed E-state index contributed by atoms with van der Waals surface area (Å²) in [5.41, 5.74) is -0.0292. The highest BCUT2D eigenvalue weighted by Gasteiger charge is 2.23. The van der Waals surface area contributed by atoms with Crippen LogP contribution in [-0.4, -0.2) is 43.9 Å². The summed E-state index contributed by atoms with van der Waals surface area (Å²) in [6, 6.07) is 0. The zero-order valence-electron chi connectivity index (χ0n) is 9.97. The van der Waals surface area contributed by atoms with Gasteiger partial charge in [0.25, 0.3) is 5.91 Å². The molecule has 1 fully saturated rings. The van der Waals surface area contributed by atoms with Crippen LogP contribution < -0.4 is 5.32 Å². The van der Waals surface area contributed by atoms with Crippen LogP contribution in [0.25, 0.3) is 0 Å². The lowest BCUT2D eigenvalue weighted by molar-refractivity contribution is 0.0596. The Morgan fingerprint density at radius 1 is 1.61 bits per heavy atom. The molecule has 0 aliphatic carbocycles. The summed E-state index contributed by atoms with van der Waals surface area (Å²) in [5.74, 6) is -0.788. The zero-order chi connectivity index (χ0) is 13.0. The Kier molecular flexibility index (Phi) is 3.93. The monoisotopic (exact) mass is 254 g/mol. The van der Waals surface area contributed by atoms with E-state index in [1.165, 1.54) is 7.11 Å². The van der Waals surface area contributed by atoms with E-state index in [2.05, 4.69) is 19.7 Å². The molecule has 0 radical (unpaired) electrons. The third-order valence-corrected chi connectivity index (χ3v) is 2.77. The maximum Gasteiger partial charge on any atom is 0.343 e. The van der Waals surface area contributed by atoms with Crippen LogP contribution in [0, 0.1) is 5.92 Å². The minimum absolute atomic E-state index is 0.0256. The molecule has 0 bridgehead atoms. The molecule has 1 aromatic rings. The first-order chi connectivity index (χ1) is 8.72. The standard InChI is InChI=1S/C11H14N2O5/c1-16-11(15)8-6-18-13-9(8)10(14)12-4-7-2-3-17-5-7/h6-7H,2-5H2,1H3,(H,12,14). The number of nitrogens with zero attached hydrogens (tertiary/aromatic N) is 1. The number of rotatable bonds is 4. The van der Waals surface area contributed by atoms with Crippen molar-refractivity contribution >= 4 is 11.9 Å². The van der Waals surface area contributed by atoms with E-state index in [0.29, 0.717) is 19.1 Å². The number of nitrogens with one attached hydrogen (secondary N) is 1. The average Bonchev–Trinajstić information content (AvgIpc) is 3.05. The molecule has 1 N–H and O–H groups in total. The van der Waals surface area contributed by atoms with Gasteiger partial charge in [0.05, 0.1) is 13.7 Å². The Morgan fingerprint density at radius 2 is 2.44 bits per heavy atom. The normalized spacial score (nSPS) is 18.6. The Bertz CT molecular complexity index is 436. The molecule has 0 spiro atoms. The van der Waals surface area contributed by atoms with E-state index in [1.54, 1.807) is 0 Å². The smallest absolute Gasteiger partial charge is 0.343 e. The lowest BCUT2D eigenvalue weighted by Gasteiger charge is -2.08. The van der Waals surface area contributed by atoms with Crippen LogP contribution in [0.3, 0.4) is 0 Å². The Balaban J connectivity index is 1.95. The predicted octanol–water partition coefficient (Wildman–Crippen LogP) is 0.227. The van der Waals surface area contributed by atoms with Crippen molar-refractivity contribution in [1.82, 2.24) is 10.5 Å². The van der Waals surface area contributed by atoms with Crippen molar-refractivity contribution in [2.75, 3.05) is 26.9 Å². The molecule has 98 valence electrons. The van der Waals surface area contributed by atoms with E-state index in [4.69, 9.17) is 4.74 Å². The van der Waals surface area contributed by atoms with Crippen LogP contribution in [-0.2, 0) is 9.47 Å². The molecule has 1 aromatic heterocycles. The Labute approximate surface area is 103 Å². The van der Waals surface area contributed by atoms with Gasteiger partial charge in [0.1, 0.15) is 11.8 Å². The highest BCUT2D eigenvalue weighted by Crippen LogP contribution is 2.12. The first-order valence-corrected chi connectivity index (χ1v) is 5.61. The number of methoxy groups -OCH3 is 1. The van der Waals surface area contributed by atoms with Gasteiger partial charge in [-0.1, -0.05) is 5.16 Å². The number of ether oxygens (including phenoxy) is 2. The van der Waals surface area contributed by atoms with Gasteiger partial charge in [-0.25, -0.2) is 4.79 Å². The topological polar surface area (TPSA) is 90.7 Å². The van der Waals surface area contributed by atoms with Crippen molar-refractivity contribution in [3.05, 3.63) is 17.5 Å². The number of hydrogen-bond acceptors (Lipinski definition) is 6. The summed E-state index contributed by atoms with van der Waals surface area (Å²) < 4.78 is 14.3. The number of carbonyl (C=O) groups excluding carboxylic acids is 2. The largest absolute Gasteiger partial charge is 0.465 e. The van der Waals surface area contributed by atoms with Crippen LogP contribution >= 0.6 is 0 Å². The SMILES string of the molecule is COC(=O)c1conc1C(=O)NCC1CCOC1. The van der Waals surface area contributed by atoms with Crippen LogP contribution in [0.15, 0.2) is 10.8 Å². The molecule has 1 atom stereocenters. The number of carbonyl (C=O) groups is 2. The van der Waals surface area contributed by atoms with E-state index >= 15 is 0 Å². The molecular weight excluding hydrogens is 240 g/mol. The molecule has 0 saturated carbocycles. The summed E-state index contributed by atoms with van der Waals surface area (Å²) in [6.07, 6.45) is 2.02. The van der Waals surface area contributed by atoms with E-state index in [0.717, 1.165) is 19.3 Å². The van der Waals surface area contributed by atoms with Gasteiger partial charge in [0.15, 0.2) is 5.69 Å². The molecule has 7 heteroatoms. The molecule has 1 saturated heterocycles. The number of aromatic nitrogens is 1. The first-order valence-electron chi connectivity index (χ1n) is 5.61. The molecule has 7 nitrogen and oxygen atoms in total. The summed E-state index contributed by atoms with van der Waals surface area (Å²) in [6.45, 7) is 1.85. The second kappa shape index (κ2) is 5.63. The number of hydrogen-bond donors (Lipinski definition) is 1. The van der Waals surface area contributed by atoms with Crippen LogP contribution in [0.1, 0.15) is 27.3 Å². The fourth-order valence-electron chi connectivity index (χ4n) is 1.72. The van der Waals surface area contributed by atoms with Crippen molar-refractivity contribution in [3.63, 3.8) is 0 Å². The van der Waals surface area contributed by atoms with Crippen molar-refractivity contribution in [3.8, 4) is 0 Å². The molecule has 1 amide bonds. The Hall–Kier alpha value is -1.89. The molecule has 2 rings (SSSR count). The third kappa shape index (κ3) is 2.67. The minimum Gasteiger partial charge on any atom is -0.465 e. The van der Waals surface area contributed by atoms with Gasteiger partial charge >= 0.3 is 5.97 Å². The van der Waals surface area contributed by atoms with E-state index in [-0.39, 0.29) is 11.3 Å². The predicted molar refractivity (Wildman–Crippen MR) is 59.1 cm³/mol. The van der Waals surface area contributed by atoms with E-state index in [1.807, 2.05) is 0 Å².